The van der Waals surface area contributed by atoms with E-state index in [-0.39, 0.29) is 17.7 Å². The lowest BCUT2D eigenvalue weighted by molar-refractivity contribution is -0.108. The molecule has 1 saturated heterocycles. The van der Waals surface area contributed by atoms with Gasteiger partial charge in [-0.05, 0) is 84.7 Å². The number of fused-ring (bicyclic) bond motifs is 3. The molecule has 0 spiro atoms. The smallest absolute Gasteiger partial charge is 0.261 e. The van der Waals surface area contributed by atoms with E-state index in [0.29, 0.717) is 57.7 Å². The van der Waals surface area contributed by atoms with Crippen LogP contribution in [0.3, 0.4) is 0 Å². The van der Waals surface area contributed by atoms with Gasteiger partial charge in [-0.2, -0.15) is 0 Å². The van der Waals surface area contributed by atoms with Crippen molar-refractivity contribution >= 4 is 45.8 Å². The minimum atomic E-state index is -0.345. The molecular formula is C31H37Cl2N5O2. The van der Waals surface area contributed by atoms with Gasteiger partial charge >= 0.3 is 0 Å². The number of likely N-dealkylation sites (tertiary alicyclic amines) is 1. The molecule has 1 unspecified atom stereocenters. The van der Waals surface area contributed by atoms with Gasteiger partial charge in [0.05, 0.1) is 29.4 Å². The Morgan fingerprint density at radius 1 is 1.20 bits per heavy atom. The third kappa shape index (κ3) is 5.12. The van der Waals surface area contributed by atoms with Gasteiger partial charge in [0.15, 0.2) is 5.96 Å². The highest BCUT2D eigenvalue weighted by molar-refractivity contribution is 6.35. The van der Waals surface area contributed by atoms with Crippen LogP contribution in [0, 0.1) is 23.2 Å². The fourth-order valence-electron chi connectivity index (χ4n) is 7.07. The minimum absolute atomic E-state index is 0.0870. The zero-order chi connectivity index (χ0) is 28.2. The predicted octanol–water partition coefficient (Wildman–Crippen LogP) is 5.85. The molecule has 7 rings (SSSR count). The van der Waals surface area contributed by atoms with Crippen LogP contribution in [0.5, 0.6) is 0 Å². The largest absolute Gasteiger partial charge is 0.391 e. The number of halogens is 2. The number of rotatable bonds is 5. The second-order valence-electron chi connectivity index (χ2n) is 12.4. The lowest BCUT2D eigenvalue weighted by Crippen LogP contribution is -2.56. The van der Waals surface area contributed by atoms with Gasteiger partial charge in [-0.3, -0.25) is 9.36 Å². The molecule has 3 aromatic rings. The van der Waals surface area contributed by atoms with E-state index in [1.165, 1.54) is 6.42 Å². The van der Waals surface area contributed by atoms with Crippen molar-refractivity contribution < 1.29 is 5.11 Å². The van der Waals surface area contributed by atoms with Gasteiger partial charge in [-0.15, -0.1) is 0 Å². The molecular weight excluding hydrogens is 545 g/mol. The number of aliphatic hydroxyl groups is 1. The molecule has 2 N–H and O–H groups in total. The van der Waals surface area contributed by atoms with Crippen LogP contribution in [0.4, 0.5) is 5.69 Å². The molecule has 4 aliphatic rings. The Morgan fingerprint density at radius 3 is 2.73 bits per heavy atom. The first kappa shape index (κ1) is 27.6. The summed E-state index contributed by atoms with van der Waals surface area (Å²) in [5, 5.41) is 15.5. The van der Waals surface area contributed by atoms with Crippen LogP contribution in [-0.4, -0.2) is 50.8 Å². The van der Waals surface area contributed by atoms with Gasteiger partial charge < -0.3 is 15.3 Å². The maximum Gasteiger partial charge on any atom is 0.261 e. The molecule has 1 aliphatic heterocycles. The molecule has 0 radical (unpaired) electrons. The van der Waals surface area contributed by atoms with Crippen molar-refractivity contribution in [3.05, 3.63) is 68.7 Å². The summed E-state index contributed by atoms with van der Waals surface area (Å²) in [4.78, 5) is 25.3. The Labute approximate surface area is 245 Å². The van der Waals surface area contributed by atoms with E-state index in [0.717, 1.165) is 42.5 Å². The number of aromatic nitrogens is 2. The number of anilines is 1. The molecule has 2 bridgehead atoms. The van der Waals surface area contributed by atoms with E-state index in [1.807, 2.05) is 24.3 Å². The Balaban J connectivity index is 1.23. The summed E-state index contributed by atoms with van der Waals surface area (Å²) in [6, 6.07) is 11.3. The predicted molar refractivity (Wildman–Crippen MR) is 162 cm³/mol. The first-order chi connectivity index (χ1) is 19.1. The van der Waals surface area contributed by atoms with Crippen molar-refractivity contribution in [2.24, 2.45) is 28.2 Å². The Hall–Kier alpha value is -2.61. The standard InChI is InChI=1S/C31H37Cl2N5O2/c1-18-25-12-20(31(25,2)3)13-27(18)36-30(37-11-9-23(39)16-37)35-22-6-7-24-28(15-22)34-17-38(29(24)40)10-8-19-4-5-21(32)14-26(19)33/h4-7,14-15,17-18,20,23,25,27,39H,8-13,16H2,1-3H3,(H,35,36)/t18-,20-,23+,25+,27?/m0/s1. The number of nitrogens with zero attached hydrogens (tertiary/aromatic N) is 4. The number of aryl methyl sites for hydroxylation is 2. The fraction of sp³-hybridized carbons (Fsp3) is 0.516. The van der Waals surface area contributed by atoms with Crippen molar-refractivity contribution in [1.29, 1.82) is 0 Å². The van der Waals surface area contributed by atoms with Crippen LogP contribution in [-0.2, 0) is 13.0 Å². The summed E-state index contributed by atoms with van der Waals surface area (Å²) in [6.07, 6.45) is 5.00. The molecule has 9 heteroatoms. The van der Waals surface area contributed by atoms with Gasteiger partial charge in [-0.25, -0.2) is 9.98 Å². The number of nitrogens with one attached hydrogen (secondary N) is 1. The van der Waals surface area contributed by atoms with Gasteiger partial charge in [0.1, 0.15) is 0 Å². The van der Waals surface area contributed by atoms with Crippen LogP contribution < -0.4 is 10.9 Å². The normalized spacial score (nSPS) is 27.6. The summed E-state index contributed by atoms with van der Waals surface area (Å²) in [5.41, 5.74) is 2.71. The minimum Gasteiger partial charge on any atom is -0.391 e. The molecule has 3 aliphatic carbocycles. The highest BCUT2D eigenvalue weighted by atomic mass is 35.5. The van der Waals surface area contributed by atoms with Crippen LogP contribution in [0.25, 0.3) is 10.9 Å². The maximum atomic E-state index is 13.2. The van der Waals surface area contributed by atoms with Crippen LogP contribution >= 0.6 is 23.2 Å². The monoisotopic (exact) mass is 581 g/mol. The zero-order valence-corrected chi connectivity index (χ0v) is 24.8. The third-order valence-corrected chi connectivity index (χ3v) is 10.4. The SMILES string of the molecule is C[C@@H]1C(/N=C(/Nc2ccc3c(=O)n(CCc4ccc(Cl)cc4Cl)cnc3c2)N2CC[C@@H](O)C2)C[C@@H]2C[C@H]1C2(C)C. The molecule has 2 heterocycles. The molecule has 0 amide bonds. The number of benzene rings is 2. The molecule has 7 nitrogen and oxygen atoms in total. The molecule has 212 valence electrons. The van der Waals surface area contributed by atoms with E-state index >= 15 is 0 Å². The average molecular weight is 583 g/mol. The second-order valence-corrected chi connectivity index (χ2v) is 13.3. The molecule has 1 aromatic heterocycles. The maximum absolute atomic E-state index is 13.2. The Morgan fingerprint density at radius 2 is 2.02 bits per heavy atom. The molecule has 3 saturated carbocycles. The quantitative estimate of drug-likeness (QED) is 0.291. The summed E-state index contributed by atoms with van der Waals surface area (Å²) >= 11 is 12.3. The summed E-state index contributed by atoms with van der Waals surface area (Å²) in [7, 11) is 0. The number of aliphatic imine (C=N–C) groups is 1. The first-order valence-electron chi connectivity index (χ1n) is 14.3. The molecule has 2 aromatic carbocycles. The number of hydrogen-bond donors (Lipinski definition) is 2. The topological polar surface area (TPSA) is 82.8 Å². The van der Waals surface area contributed by atoms with Crippen LogP contribution in [0.1, 0.15) is 45.6 Å². The number of hydrogen-bond acceptors (Lipinski definition) is 4. The second kappa shape index (κ2) is 10.7. The van der Waals surface area contributed by atoms with E-state index in [9.17, 15) is 9.90 Å². The third-order valence-electron chi connectivity index (χ3n) is 9.78. The Kier molecular flexibility index (Phi) is 7.34. The van der Waals surface area contributed by atoms with Crippen molar-refractivity contribution in [2.75, 3.05) is 18.4 Å². The zero-order valence-electron chi connectivity index (χ0n) is 23.3. The van der Waals surface area contributed by atoms with E-state index in [4.69, 9.17) is 28.2 Å². The van der Waals surface area contributed by atoms with E-state index in [2.05, 4.69) is 36.0 Å². The van der Waals surface area contributed by atoms with Crippen molar-refractivity contribution in [3.8, 4) is 0 Å². The van der Waals surface area contributed by atoms with Crippen LogP contribution in [0.2, 0.25) is 10.0 Å². The van der Waals surface area contributed by atoms with Gasteiger partial charge in [0, 0.05) is 35.4 Å². The Bertz CT molecular complexity index is 1520. The lowest BCUT2D eigenvalue weighted by Gasteiger charge is -2.61. The van der Waals surface area contributed by atoms with Crippen LogP contribution in [0.15, 0.2) is 52.5 Å². The number of aliphatic hydroxyl groups excluding tert-OH is 1. The van der Waals surface area contributed by atoms with E-state index in [1.54, 1.807) is 23.0 Å². The lowest BCUT2D eigenvalue weighted by atomic mass is 9.45. The number of β-amino-alcohol motifs (C(OH)–C–C–N with tert-alkyl or cyclic N) is 1. The average Bonchev–Trinajstić information content (AvgIpc) is 3.35. The van der Waals surface area contributed by atoms with Gasteiger partial charge in [-0.1, -0.05) is 50.0 Å². The summed E-state index contributed by atoms with van der Waals surface area (Å²) < 4.78 is 1.62. The molecule has 4 fully saturated rings. The molecule has 40 heavy (non-hydrogen) atoms. The molecule has 5 atom stereocenters. The van der Waals surface area contributed by atoms with Crippen molar-refractivity contribution in [2.45, 2.75) is 65.1 Å². The van der Waals surface area contributed by atoms with Crippen molar-refractivity contribution in [3.63, 3.8) is 0 Å². The first-order valence-corrected chi connectivity index (χ1v) is 15.1. The van der Waals surface area contributed by atoms with E-state index < -0.39 is 0 Å². The van der Waals surface area contributed by atoms with Crippen molar-refractivity contribution in [1.82, 2.24) is 14.5 Å². The fourth-order valence-corrected chi connectivity index (χ4v) is 7.57. The van der Waals surface area contributed by atoms with Gasteiger partial charge in [0.25, 0.3) is 5.56 Å². The number of guanidine groups is 1. The highest BCUT2D eigenvalue weighted by Crippen LogP contribution is 2.61. The van der Waals surface area contributed by atoms with Gasteiger partial charge in [0.2, 0.25) is 0 Å². The summed E-state index contributed by atoms with van der Waals surface area (Å²) in [6.45, 7) is 8.95. The summed E-state index contributed by atoms with van der Waals surface area (Å²) in [5.74, 6) is 2.74. The highest BCUT2D eigenvalue weighted by Gasteiger charge is 2.56.